The summed E-state index contributed by atoms with van der Waals surface area (Å²) in [6.07, 6.45) is 2.76. The maximum Gasteiger partial charge on any atom is 0.0748 e. The first-order chi connectivity index (χ1) is 7.38. The topological polar surface area (TPSA) is 47.3 Å². The highest BCUT2D eigenvalue weighted by Crippen LogP contribution is 2.14. The van der Waals surface area contributed by atoms with Crippen molar-refractivity contribution in [2.75, 3.05) is 18.5 Å². The zero-order valence-electron chi connectivity index (χ0n) is 8.91. The Bertz CT molecular complexity index is 291. The lowest BCUT2D eigenvalue weighted by Crippen LogP contribution is -2.18. The molecule has 0 aromatic heterocycles. The first-order valence-electron chi connectivity index (χ1n) is 5.53. The molecule has 0 bridgehead atoms. The van der Waals surface area contributed by atoms with Crippen LogP contribution in [0.1, 0.15) is 18.4 Å². The van der Waals surface area contributed by atoms with Crippen LogP contribution < -0.4 is 11.1 Å². The van der Waals surface area contributed by atoms with Crippen LogP contribution in [0.3, 0.4) is 0 Å². The summed E-state index contributed by atoms with van der Waals surface area (Å²) < 4.78 is 5.54. The van der Waals surface area contributed by atoms with Crippen LogP contribution in [-0.2, 0) is 11.3 Å². The van der Waals surface area contributed by atoms with Crippen molar-refractivity contribution in [2.24, 2.45) is 5.73 Å². The maximum atomic E-state index is 5.54. The lowest BCUT2D eigenvalue weighted by atomic mass is 10.2. The van der Waals surface area contributed by atoms with Crippen molar-refractivity contribution in [1.29, 1.82) is 0 Å². The monoisotopic (exact) mass is 206 g/mol. The summed E-state index contributed by atoms with van der Waals surface area (Å²) in [6, 6.07) is 8.24. The normalized spacial score (nSPS) is 20.5. The van der Waals surface area contributed by atoms with E-state index in [4.69, 9.17) is 10.5 Å². The van der Waals surface area contributed by atoms with Gasteiger partial charge in [-0.05, 0) is 30.5 Å². The van der Waals surface area contributed by atoms with Gasteiger partial charge in [0.05, 0.1) is 6.10 Å². The first kappa shape index (κ1) is 10.5. The fourth-order valence-electron chi connectivity index (χ4n) is 1.80. The number of nitrogens with two attached hydrogens (primary N) is 1. The van der Waals surface area contributed by atoms with Crippen molar-refractivity contribution in [3.05, 3.63) is 29.8 Å². The van der Waals surface area contributed by atoms with E-state index in [1.54, 1.807) is 0 Å². The quantitative estimate of drug-likeness (QED) is 0.788. The Hall–Kier alpha value is -1.06. The molecule has 3 N–H and O–H groups in total. The van der Waals surface area contributed by atoms with E-state index in [-0.39, 0.29) is 0 Å². The molecule has 1 fully saturated rings. The van der Waals surface area contributed by atoms with Gasteiger partial charge in [-0.1, -0.05) is 12.1 Å². The summed E-state index contributed by atoms with van der Waals surface area (Å²) in [5, 5.41) is 3.37. The van der Waals surface area contributed by atoms with E-state index in [0.29, 0.717) is 12.6 Å². The van der Waals surface area contributed by atoms with Gasteiger partial charge in [0.2, 0.25) is 0 Å². The zero-order valence-corrected chi connectivity index (χ0v) is 8.91. The van der Waals surface area contributed by atoms with Gasteiger partial charge in [0, 0.05) is 25.4 Å². The highest BCUT2D eigenvalue weighted by molar-refractivity contribution is 5.44. The Labute approximate surface area is 90.6 Å². The highest BCUT2D eigenvalue weighted by Gasteiger charge is 2.14. The number of hydrogen-bond acceptors (Lipinski definition) is 3. The van der Waals surface area contributed by atoms with Crippen LogP contribution in [0, 0.1) is 0 Å². The molecule has 2 rings (SSSR count). The predicted molar refractivity (Wildman–Crippen MR) is 61.8 cm³/mol. The Morgan fingerprint density at radius 1 is 1.33 bits per heavy atom. The van der Waals surface area contributed by atoms with E-state index in [1.165, 1.54) is 12.8 Å². The Morgan fingerprint density at radius 2 is 2.13 bits per heavy atom. The fraction of sp³-hybridized carbons (Fsp3) is 0.500. The molecule has 1 saturated heterocycles. The molecule has 3 heteroatoms. The molecule has 3 nitrogen and oxygen atoms in total. The van der Waals surface area contributed by atoms with Gasteiger partial charge in [-0.15, -0.1) is 0 Å². The summed E-state index contributed by atoms with van der Waals surface area (Å²) >= 11 is 0. The van der Waals surface area contributed by atoms with Crippen LogP contribution in [0.25, 0.3) is 0 Å². The minimum Gasteiger partial charge on any atom is -0.382 e. The molecule has 0 spiro atoms. The molecule has 1 aromatic carbocycles. The smallest absolute Gasteiger partial charge is 0.0748 e. The maximum absolute atomic E-state index is 5.54. The second kappa shape index (κ2) is 5.14. The zero-order chi connectivity index (χ0) is 10.5. The molecule has 1 aliphatic heterocycles. The molecule has 1 atom stereocenters. The van der Waals surface area contributed by atoms with Gasteiger partial charge in [-0.2, -0.15) is 0 Å². The lowest BCUT2D eigenvalue weighted by Gasteiger charge is -2.12. The number of rotatable bonds is 4. The minimum absolute atomic E-state index is 0.388. The summed E-state index contributed by atoms with van der Waals surface area (Å²) in [5.41, 5.74) is 7.84. The van der Waals surface area contributed by atoms with Gasteiger partial charge >= 0.3 is 0 Å². The van der Waals surface area contributed by atoms with Gasteiger partial charge in [0.25, 0.3) is 0 Å². The number of ether oxygens (including phenoxy) is 1. The molecule has 0 radical (unpaired) electrons. The third kappa shape index (κ3) is 2.94. The molecule has 82 valence electrons. The van der Waals surface area contributed by atoms with Crippen molar-refractivity contribution in [3.8, 4) is 0 Å². The van der Waals surface area contributed by atoms with E-state index in [1.807, 2.05) is 0 Å². The standard InChI is InChI=1S/C12H18N2O/c13-8-10-3-5-11(6-4-10)14-9-12-2-1-7-15-12/h3-6,12,14H,1-2,7-9,13H2. The molecule has 1 heterocycles. The van der Waals surface area contributed by atoms with Gasteiger partial charge in [-0.3, -0.25) is 0 Å². The summed E-state index contributed by atoms with van der Waals surface area (Å²) in [5.74, 6) is 0. The summed E-state index contributed by atoms with van der Waals surface area (Å²) in [7, 11) is 0. The van der Waals surface area contributed by atoms with Crippen LogP contribution in [0.2, 0.25) is 0 Å². The van der Waals surface area contributed by atoms with Crippen LogP contribution in [0.4, 0.5) is 5.69 Å². The van der Waals surface area contributed by atoms with Crippen LogP contribution in [0.5, 0.6) is 0 Å². The molecule has 0 saturated carbocycles. The third-order valence-corrected chi connectivity index (χ3v) is 2.75. The average molecular weight is 206 g/mol. The van der Waals surface area contributed by atoms with Gasteiger partial charge in [0.15, 0.2) is 0 Å². The van der Waals surface area contributed by atoms with Crippen molar-refractivity contribution < 1.29 is 4.74 Å². The highest BCUT2D eigenvalue weighted by atomic mass is 16.5. The predicted octanol–water partition coefficient (Wildman–Crippen LogP) is 1.74. The SMILES string of the molecule is NCc1ccc(NCC2CCCO2)cc1. The second-order valence-electron chi connectivity index (χ2n) is 3.92. The first-order valence-corrected chi connectivity index (χ1v) is 5.53. The van der Waals surface area contributed by atoms with Gasteiger partial charge in [-0.25, -0.2) is 0 Å². The summed E-state index contributed by atoms with van der Waals surface area (Å²) in [6.45, 7) is 2.42. The fourth-order valence-corrected chi connectivity index (χ4v) is 1.80. The number of anilines is 1. The molecule has 0 aliphatic carbocycles. The molecular formula is C12H18N2O. The van der Waals surface area contributed by atoms with E-state index in [0.717, 1.165) is 24.4 Å². The van der Waals surface area contributed by atoms with Crippen LogP contribution >= 0.6 is 0 Å². The summed E-state index contributed by atoms with van der Waals surface area (Å²) in [4.78, 5) is 0. The van der Waals surface area contributed by atoms with Gasteiger partial charge < -0.3 is 15.8 Å². The van der Waals surface area contributed by atoms with Crippen LogP contribution in [0.15, 0.2) is 24.3 Å². The van der Waals surface area contributed by atoms with Crippen molar-refractivity contribution in [2.45, 2.75) is 25.5 Å². The average Bonchev–Trinajstić information content (AvgIpc) is 2.80. The molecule has 1 aromatic rings. The Balaban J connectivity index is 1.82. The Kier molecular flexibility index (Phi) is 3.59. The van der Waals surface area contributed by atoms with E-state index in [9.17, 15) is 0 Å². The van der Waals surface area contributed by atoms with Crippen molar-refractivity contribution >= 4 is 5.69 Å². The minimum atomic E-state index is 0.388. The number of benzene rings is 1. The van der Waals surface area contributed by atoms with E-state index < -0.39 is 0 Å². The van der Waals surface area contributed by atoms with E-state index in [2.05, 4.69) is 29.6 Å². The molecule has 1 unspecified atom stereocenters. The number of nitrogens with one attached hydrogen (secondary N) is 1. The van der Waals surface area contributed by atoms with Crippen molar-refractivity contribution in [3.63, 3.8) is 0 Å². The van der Waals surface area contributed by atoms with Crippen molar-refractivity contribution in [1.82, 2.24) is 0 Å². The Morgan fingerprint density at radius 3 is 2.73 bits per heavy atom. The third-order valence-electron chi connectivity index (χ3n) is 2.75. The van der Waals surface area contributed by atoms with Crippen LogP contribution in [-0.4, -0.2) is 19.3 Å². The number of hydrogen-bond donors (Lipinski definition) is 2. The second-order valence-corrected chi connectivity index (χ2v) is 3.92. The van der Waals surface area contributed by atoms with Gasteiger partial charge in [0.1, 0.15) is 0 Å². The molecule has 0 amide bonds. The van der Waals surface area contributed by atoms with E-state index >= 15 is 0 Å². The molecular weight excluding hydrogens is 188 g/mol. The lowest BCUT2D eigenvalue weighted by molar-refractivity contribution is 0.120. The largest absolute Gasteiger partial charge is 0.382 e. The molecule has 1 aliphatic rings. The molecule has 15 heavy (non-hydrogen) atoms.